The second-order valence-electron chi connectivity index (χ2n) is 6.01. The van der Waals surface area contributed by atoms with Crippen molar-refractivity contribution in [1.82, 2.24) is 24.6 Å². The van der Waals surface area contributed by atoms with Gasteiger partial charge in [0.2, 0.25) is 11.9 Å². The molecule has 116 valence electrons. The Labute approximate surface area is 124 Å². The fraction of sp³-hybridized carbons (Fsp3) is 0.643. The van der Waals surface area contributed by atoms with Gasteiger partial charge >= 0.3 is 0 Å². The molecule has 0 spiro atoms. The molecule has 0 aliphatic carbocycles. The van der Waals surface area contributed by atoms with Crippen LogP contribution >= 0.6 is 0 Å². The lowest BCUT2D eigenvalue weighted by atomic mass is 9.92. The summed E-state index contributed by atoms with van der Waals surface area (Å²) >= 11 is 0. The van der Waals surface area contributed by atoms with E-state index in [1.54, 1.807) is 11.7 Å². The van der Waals surface area contributed by atoms with Crippen molar-refractivity contribution in [3.63, 3.8) is 0 Å². The molecular formula is C14H24N6O. The number of anilines is 1. The summed E-state index contributed by atoms with van der Waals surface area (Å²) in [5, 5.41) is 7.20. The Morgan fingerprint density at radius 3 is 2.67 bits per heavy atom. The molecule has 0 saturated heterocycles. The van der Waals surface area contributed by atoms with Gasteiger partial charge < -0.3 is 11.1 Å². The molecule has 2 aromatic heterocycles. The summed E-state index contributed by atoms with van der Waals surface area (Å²) in [4.78, 5) is 16.4. The highest BCUT2D eigenvalue weighted by atomic mass is 16.2. The molecular weight excluding hydrogens is 268 g/mol. The third kappa shape index (κ3) is 2.59. The Morgan fingerprint density at radius 1 is 1.43 bits per heavy atom. The smallest absolute Gasteiger partial charge is 0.227 e. The maximum absolute atomic E-state index is 12.0. The molecule has 0 bridgehead atoms. The molecule has 0 fully saturated rings. The van der Waals surface area contributed by atoms with Gasteiger partial charge in [0.1, 0.15) is 5.52 Å². The van der Waals surface area contributed by atoms with Crippen LogP contribution in [0.3, 0.4) is 0 Å². The van der Waals surface area contributed by atoms with E-state index < -0.39 is 5.41 Å². The minimum Gasteiger partial charge on any atom is -0.369 e. The fourth-order valence-corrected chi connectivity index (χ4v) is 2.63. The Kier molecular flexibility index (Phi) is 3.93. The zero-order valence-corrected chi connectivity index (χ0v) is 13.4. The molecule has 0 saturated carbocycles. The van der Waals surface area contributed by atoms with Crippen molar-refractivity contribution in [2.45, 2.75) is 40.2 Å². The molecule has 21 heavy (non-hydrogen) atoms. The summed E-state index contributed by atoms with van der Waals surface area (Å²) in [6, 6.07) is 0. The quantitative estimate of drug-likeness (QED) is 0.862. The number of carbonyl (C=O) groups is 1. The number of amides is 1. The molecule has 7 heteroatoms. The SMILES string of the molecule is CCCc1nn(C)c2c1nc(N)n2CC(C)(C)C(=O)NC. The van der Waals surface area contributed by atoms with E-state index in [-0.39, 0.29) is 5.91 Å². The minimum atomic E-state index is -0.578. The van der Waals surface area contributed by atoms with Gasteiger partial charge in [-0.3, -0.25) is 14.0 Å². The van der Waals surface area contributed by atoms with Gasteiger partial charge in [-0.15, -0.1) is 0 Å². The Morgan fingerprint density at radius 2 is 2.10 bits per heavy atom. The van der Waals surface area contributed by atoms with Crippen LogP contribution in [-0.2, 0) is 24.8 Å². The second kappa shape index (κ2) is 5.38. The van der Waals surface area contributed by atoms with E-state index in [1.807, 2.05) is 25.5 Å². The number of aromatic nitrogens is 4. The number of hydrogen-bond donors (Lipinski definition) is 2. The fourth-order valence-electron chi connectivity index (χ4n) is 2.63. The van der Waals surface area contributed by atoms with Gasteiger partial charge in [0, 0.05) is 20.6 Å². The topological polar surface area (TPSA) is 90.8 Å². The van der Waals surface area contributed by atoms with Gasteiger partial charge in [-0.05, 0) is 20.3 Å². The maximum Gasteiger partial charge on any atom is 0.227 e. The van der Waals surface area contributed by atoms with Crippen LogP contribution in [0.5, 0.6) is 0 Å². The van der Waals surface area contributed by atoms with Gasteiger partial charge in [0.25, 0.3) is 0 Å². The number of aryl methyl sites for hydroxylation is 2. The van der Waals surface area contributed by atoms with E-state index in [1.165, 1.54) is 0 Å². The lowest BCUT2D eigenvalue weighted by Crippen LogP contribution is -2.38. The van der Waals surface area contributed by atoms with Crippen molar-refractivity contribution in [3.8, 4) is 0 Å². The zero-order valence-electron chi connectivity index (χ0n) is 13.4. The number of nitrogens with one attached hydrogen (secondary N) is 1. The zero-order chi connectivity index (χ0) is 15.8. The van der Waals surface area contributed by atoms with E-state index in [9.17, 15) is 4.79 Å². The standard InChI is InChI=1S/C14H24N6O/c1-6-7-9-10-11(19(5)18-9)20(13(15)17-10)8-14(2,3)12(21)16-4/h6-8H2,1-5H3,(H2,15,17)(H,16,21). The predicted octanol–water partition coefficient (Wildman–Crippen LogP) is 1.08. The van der Waals surface area contributed by atoms with Crippen LogP contribution in [0.1, 0.15) is 32.9 Å². The number of hydrogen-bond acceptors (Lipinski definition) is 4. The summed E-state index contributed by atoms with van der Waals surface area (Å²) in [5.74, 6) is 0.395. The largest absolute Gasteiger partial charge is 0.369 e. The average molecular weight is 292 g/mol. The van der Waals surface area contributed by atoms with Gasteiger partial charge in [-0.1, -0.05) is 13.3 Å². The van der Waals surface area contributed by atoms with Crippen LogP contribution in [0, 0.1) is 5.41 Å². The van der Waals surface area contributed by atoms with Crippen LogP contribution in [0.2, 0.25) is 0 Å². The predicted molar refractivity (Wildman–Crippen MR) is 82.8 cm³/mol. The first-order chi connectivity index (χ1) is 9.81. The Balaban J connectivity index is 2.50. The van der Waals surface area contributed by atoms with Crippen LogP contribution in [0.15, 0.2) is 0 Å². The van der Waals surface area contributed by atoms with Gasteiger partial charge in [-0.25, -0.2) is 4.98 Å². The summed E-state index contributed by atoms with van der Waals surface area (Å²) in [6.45, 7) is 6.34. The molecule has 2 aromatic rings. The number of carbonyl (C=O) groups excluding carboxylic acids is 1. The molecule has 0 radical (unpaired) electrons. The Bertz CT molecular complexity index is 667. The highest BCUT2D eigenvalue weighted by molar-refractivity contribution is 5.82. The van der Waals surface area contributed by atoms with Crippen LogP contribution in [-0.4, -0.2) is 32.3 Å². The normalized spacial score (nSPS) is 12.0. The molecule has 3 N–H and O–H groups in total. The average Bonchev–Trinajstić information content (AvgIpc) is 2.88. The van der Waals surface area contributed by atoms with E-state index in [0.717, 1.165) is 29.7 Å². The Hall–Kier alpha value is -2.05. The molecule has 0 aliphatic rings. The van der Waals surface area contributed by atoms with Crippen molar-refractivity contribution >= 4 is 23.0 Å². The number of rotatable bonds is 5. The van der Waals surface area contributed by atoms with Crippen molar-refractivity contribution in [2.24, 2.45) is 12.5 Å². The maximum atomic E-state index is 12.0. The van der Waals surface area contributed by atoms with E-state index >= 15 is 0 Å². The monoisotopic (exact) mass is 292 g/mol. The van der Waals surface area contributed by atoms with Gasteiger partial charge in [0.15, 0.2) is 5.65 Å². The number of imidazole rings is 1. The number of nitrogens with zero attached hydrogens (tertiary/aromatic N) is 4. The number of nitrogens with two attached hydrogens (primary N) is 1. The molecule has 0 atom stereocenters. The van der Waals surface area contributed by atoms with Crippen molar-refractivity contribution in [3.05, 3.63) is 5.69 Å². The van der Waals surface area contributed by atoms with Crippen LogP contribution in [0.25, 0.3) is 11.2 Å². The summed E-state index contributed by atoms with van der Waals surface area (Å²) in [5.41, 5.74) is 8.14. The molecule has 0 aliphatic heterocycles. The van der Waals surface area contributed by atoms with Gasteiger partial charge in [0.05, 0.1) is 11.1 Å². The molecule has 0 unspecified atom stereocenters. The first kappa shape index (κ1) is 15.3. The summed E-state index contributed by atoms with van der Waals surface area (Å²) < 4.78 is 3.67. The minimum absolute atomic E-state index is 0.0281. The third-order valence-corrected chi connectivity index (χ3v) is 3.70. The molecule has 7 nitrogen and oxygen atoms in total. The lowest BCUT2D eigenvalue weighted by molar-refractivity contribution is -0.129. The molecule has 0 aromatic carbocycles. The highest BCUT2D eigenvalue weighted by Gasteiger charge is 2.30. The van der Waals surface area contributed by atoms with Crippen molar-refractivity contribution < 1.29 is 4.79 Å². The first-order valence-electron chi connectivity index (χ1n) is 7.21. The third-order valence-electron chi connectivity index (χ3n) is 3.70. The van der Waals surface area contributed by atoms with Crippen molar-refractivity contribution in [1.29, 1.82) is 0 Å². The van der Waals surface area contributed by atoms with Crippen LogP contribution in [0.4, 0.5) is 5.95 Å². The van der Waals surface area contributed by atoms with E-state index in [2.05, 4.69) is 22.3 Å². The highest BCUT2D eigenvalue weighted by Crippen LogP contribution is 2.27. The van der Waals surface area contributed by atoms with E-state index in [4.69, 9.17) is 5.73 Å². The number of fused-ring (bicyclic) bond motifs is 1. The van der Waals surface area contributed by atoms with Crippen LogP contribution < -0.4 is 11.1 Å². The number of nitrogen functional groups attached to an aromatic ring is 1. The second-order valence-corrected chi connectivity index (χ2v) is 6.01. The lowest BCUT2D eigenvalue weighted by Gasteiger charge is -2.23. The van der Waals surface area contributed by atoms with Gasteiger partial charge in [-0.2, -0.15) is 5.10 Å². The molecule has 2 rings (SSSR count). The van der Waals surface area contributed by atoms with Crippen molar-refractivity contribution in [2.75, 3.05) is 12.8 Å². The first-order valence-corrected chi connectivity index (χ1v) is 7.21. The van der Waals surface area contributed by atoms with E-state index in [0.29, 0.717) is 12.5 Å². The molecule has 1 amide bonds. The molecule has 2 heterocycles. The summed E-state index contributed by atoms with van der Waals surface area (Å²) in [6.07, 6.45) is 1.87. The summed E-state index contributed by atoms with van der Waals surface area (Å²) in [7, 11) is 3.52.